The van der Waals surface area contributed by atoms with Crippen LogP contribution in [0.5, 0.6) is 11.5 Å². The predicted molar refractivity (Wildman–Crippen MR) is 114 cm³/mol. The maximum absolute atomic E-state index is 12.7. The number of furan rings is 1. The molecule has 0 saturated carbocycles. The molecule has 0 radical (unpaired) electrons. The molecule has 0 aliphatic heterocycles. The van der Waals surface area contributed by atoms with E-state index in [1.165, 1.54) is 0 Å². The van der Waals surface area contributed by atoms with Crippen molar-refractivity contribution in [1.82, 2.24) is 15.1 Å². The molecule has 2 aromatic carbocycles. The normalized spacial score (nSPS) is 11.8. The van der Waals surface area contributed by atoms with Crippen molar-refractivity contribution in [3.63, 3.8) is 0 Å². The summed E-state index contributed by atoms with van der Waals surface area (Å²) in [6, 6.07) is 22.1. The summed E-state index contributed by atoms with van der Waals surface area (Å²) in [5.41, 5.74) is 2.48. The highest BCUT2D eigenvalue weighted by molar-refractivity contribution is 5.94. The largest absolute Gasteiger partial charge is 0.467 e. The molecule has 0 aliphatic carbocycles. The number of benzene rings is 2. The van der Waals surface area contributed by atoms with Crippen molar-refractivity contribution in [2.24, 2.45) is 0 Å². The summed E-state index contributed by atoms with van der Waals surface area (Å²) in [6.45, 7) is 4.29. The molecular formula is C24H23N3O3. The zero-order chi connectivity index (χ0) is 20.9. The highest BCUT2D eigenvalue weighted by Crippen LogP contribution is 2.22. The van der Waals surface area contributed by atoms with E-state index in [1.807, 2.05) is 67.1 Å². The van der Waals surface area contributed by atoms with Crippen molar-refractivity contribution in [3.8, 4) is 11.5 Å². The van der Waals surface area contributed by atoms with E-state index in [9.17, 15) is 4.79 Å². The number of aryl methyl sites for hydroxylation is 2. The van der Waals surface area contributed by atoms with Gasteiger partial charge in [-0.2, -0.15) is 5.10 Å². The Morgan fingerprint density at radius 1 is 1.03 bits per heavy atom. The third-order valence-electron chi connectivity index (χ3n) is 4.76. The number of carbonyl (C=O) groups is 1. The van der Waals surface area contributed by atoms with Crippen molar-refractivity contribution in [2.45, 2.75) is 19.9 Å². The van der Waals surface area contributed by atoms with E-state index in [2.05, 4.69) is 10.4 Å². The number of hydrogen-bond donors (Lipinski definition) is 1. The molecule has 30 heavy (non-hydrogen) atoms. The minimum absolute atomic E-state index is 0.167. The van der Waals surface area contributed by atoms with Gasteiger partial charge in [0.05, 0.1) is 12.0 Å². The average molecular weight is 401 g/mol. The van der Waals surface area contributed by atoms with Crippen molar-refractivity contribution >= 4 is 5.91 Å². The van der Waals surface area contributed by atoms with Gasteiger partial charge >= 0.3 is 0 Å². The van der Waals surface area contributed by atoms with Gasteiger partial charge in [0.15, 0.2) is 0 Å². The Morgan fingerprint density at radius 2 is 1.77 bits per heavy atom. The third-order valence-corrected chi connectivity index (χ3v) is 4.76. The summed E-state index contributed by atoms with van der Waals surface area (Å²) >= 11 is 0. The third kappa shape index (κ3) is 4.43. The van der Waals surface area contributed by atoms with Crippen molar-refractivity contribution in [3.05, 3.63) is 102 Å². The molecule has 6 heteroatoms. The van der Waals surface area contributed by atoms with Crippen LogP contribution in [0.15, 0.2) is 83.5 Å². The fraction of sp³-hybridized carbons (Fsp3) is 0.167. The van der Waals surface area contributed by atoms with Gasteiger partial charge in [-0.05, 0) is 68.4 Å². The highest BCUT2D eigenvalue weighted by atomic mass is 16.5. The second kappa shape index (κ2) is 8.69. The van der Waals surface area contributed by atoms with Crippen LogP contribution in [0.3, 0.4) is 0 Å². The Balaban J connectivity index is 1.44. The fourth-order valence-corrected chi connectivity index (χ4v) is 3.34. The predicted octanol–water partition coefficient (Wildman–Crippen LogP) is 4.90. The molecule has 0 aliphatic rings. The van der Waals surface area contributed by atoms with Gasteiger partial charge < -0.3 is 14.5 Å². The lowest BCUT2D eigenvalue weighted by molar-refractivity contribution is 0.0948. The first-order chi connectivity index (χ1) is 14.6. The summed E-state index contributed by atoms with van der Waals surface area (Å²) in [5, 5.41) is 7.55. The number of ether oxygens (including phenoxy) is 1. The number of rotatable bonds is 7. The minimum Gasteiger partial charge on any atom is -0.467 e. The molecule has 1 N–H and O–H groups in total. The minimum atomic E-state index is -0.224. The van der Waals surface area contributed by atoms with E-state index >= 15 is 0 Å². The summed E-state index contributed by atoms with van der Waals surface area (Å²) < 4.78 is 13.3. The van der Waals surface area contributed by atoms with Crippen LogP contribution in [-0.2, 0) is 0 Å². The van der Waals surface area contributed by atoms with Gasteiger partial charge in [-0.3, -0.25) is 9.48 Å². The van der Waals surface area contributed by atoms with Gasteiger partial charge in [-0.25, -0.2) is 0 Å². The average Bonchev–Trinajstić information content (AvgIpc) is 3.39. The number of nitrogens with one attached hydrogen (secondary N) is 1. The van der Waals surface area contributed by atoms with E-state index < -0.39 is 0 Å². The topological polar surface area (TPSA) is 69.3 Å². The maximum atomic E-state index is 12.7. The summed E-state index contributed by atoms with van der Waals surface area (Å²) in [5.74, 6) is 2.00. The quantitative estimate of drug-likeness (QED) is 0.478. The molecule has 1 amide bonds. The van der Waals surface area contributed by atoms with E-state index in [1.54, 1.807) is 30.5 Å². The van der Waals surface area contributed by atoms with Gasteiger partial charge in [0.25, 0.3) is 5.91 Å². The van der Waals surface area contributed by atoms with Crippen LogP contribution in [0.2, 0.25) is 0 Å². The lowest BCUT2D eigenvalue weighted by atomic mass is 10.1. The molecule has 152 valence electrons. The van der Waals surface area contributed by atoms with Crippen LogP contribution in [0.4, 0.5) is 0 Å². The number of aromatic nitrogens is 2. The summed E-state index contributed by atoms with van der Waals surface area (Å²) in [4.78, 5) is 12.7. The van der Waals surface area contributed by atoms with Crippen LogP contribution in [-0.4, -0.2) is 22.2 Å². The van der Waals surface area contributed by atoms with E-state index in [-0.39, 0.29) is 11.9 Å². The molecular weight excluding hydrogens is 378 g/mol. The fourth-order valence-electron chi connectivity index (χ4n) is 3.34. The lowest BCUT2D eigenvalue weighted by Crippen LogP contribution is -2.32. The van der Waals surface area contributed by atoms with Gasteiger partial charge in [0.2, 0.25) is 0 Å². The van der Waals surface area contributed by atoms with Gasteiger partial charge in [-0.15, -0.1) is 0 Å². The Kier molecular flexibility index (Phi) is 5.66. The van der Waals surface area contributed by atoms with Crippen molar-refractivity contribution in [1.29, 1.82) is 0 Å². The first-order valence-electron chi connectivity index (χ1n) is 9.77. The van der Waals surface area contributed by atoms with Crippen LogP contribution in [0.1, 0.15) is 33.5 Å². The highest BCUT2D eigenvalue weighted by Gasteiger charge is 2.21. The second-order valence-electron chi connectivity index (χ2n) is 7.05. The Hall–Kier alpha value is -3.80. The molecule has 2 heterocycles. The van der Waals surface area contributed by atoms with Crippen LogP contribution in [0, 0.1) is 13.8 Å². The Morgan fingerprint density at radius 3 is 2.40 bits per heavy atom. The standard InChI is InChI=1S/C24H23N3O3/c1-17-15-18(2)27(26-17)22(23-9-6-14-29-23)16-25-24(28)19-10-12-21(13-11-19)30-20-7-4-3-5-8-20/h3-15,22H,16H2,1-2H3,(H,25,28). The number of para-hydroxylation sites is 1. The SMILES string of the molecule is Cc1cc(C)n(C(CNC(=O)c2ccc(Oc3ccccc3)cc2)c2ccco2)n1. The smallest absolute Gasteiger partial charge is 0.251 e. The number of carbonyl (C=O) groups excluding carboxylic acids is 1. The first-order valence-corrected chi connectivity index (χ1v) is 9.77. The van der Waals surface area contributed by atoms with E-state index in [0.717, 1.165) is 22.9 Å². The zero-order valence-corrected chi connectivity index (χ0v) is 16.9. The molecule has 1 unspecified atom stereocenters. The molecule has 1 atom stereocenters. The zero-order valence-electron chi connectivity index (χ0n) is 16.9. The van der Waals surface area contributed by atoms with Gasteiger partial charge in [0.1, 0.15) is 23.3 Å². The monoisotopic (exact) mass is 401 g/mol. The second-order valence-corrected chi connectivity index (χ2v) is 7.05. The molecule has 6 nitrogen and oxygen atoms in total. The molecule has 0 saturated heterocycles. The lowest BCUT2D eigenvalue weighted by Gasteiger charge is -2.18. The summed E-state index contributed by atoms with van der Waals surface area (Å²) in [6.07, 6.45) is 1.63. The molecule has 0 fully saturated rings. The molecule has 0 spiro atoms. The molecule has 4 aromatic rings. The van der Waals surface area contributed by atoms with E-state index in [4.69, 9.17) is 9.15 Å². The van der Waals surface area contributed by atoms with Crippen molar-refractivity contribution < 1.29 is 13.9 Å². The Labute approximate surface area is 175 Å². The molecule has 4 rings (SSSR count). The van der Waals surface area contributed by atoms with Crippen LogP contribution in [0.25, 0.3) is 0 Å². The molecule has 0 bridgehead atoms. The van der Waals surface area contributed by atoms with Crippen LogP contribution < -0.4 is 10.1 Å². The number of amides is 1. The number of nitrogens with zero attached hydrogens (tertiary/aromatic N) is 2. The maximum Gasteiger partial charge on any atom is 0.251 e. The summed E-state index contributed by atoms with van der Waals surface area (Å²) in [7, 11) is 0. The first kappa shape index (κ1) is 19.5. The van der Waals surface area contributed by atoms with Gasteiger partial charge in [0, 0.05) is 17.8 Å². The Bertz CT molecular complexity index is 1100. The molecule has 2 aromatic heterocycles. The van der Waals surface area contributed by atoms with Crippen molar-refractivity contribution in [2.75, 3.05) is 6.54 Å². The van der Waals surface area contributed by atoms with E-state index in [0.29, 0.717) is 17.9 Å². The number of hydrogen-bond acceptors (Lipinski definition) is 4. The van der Waals surface area contributed by atoms with Gasteiger partial charge in [-0.1, -0.05) is 18.2 Å². The van der Waals surface area contributed by atoms with Crippen LogP contribution >= 0.6 is 0 Å².